The Bertz CT molecular complexity index is 853. The molecule has 2 aromatic carbocycles. The highest BCUT2D eigenvalue weighted by Gasteiger charge is 2.16. The summed E-state index contributed by atoms with van der Waals surface area (Å²) in [6.07, 6.45) is 0.731. The van der Waals surface area contributed by atoms with Crippen LogP contribution in [-0.4, -0.2) is 33.4 Å². The Kier molecular flexibility index (Phi) is 5.44. The van der Waals surface area contributed by atoms with E-state index in [0.717, 1.165) is 17.7 Å². The van der Waals surface area contributed by atoms with Crippen LogP contribution in [0.25, 0.3) is 0 Å². The molecule has 2 aromatic rings. The van der Waals surface area contributed by atoms with E-state index < -0.39 is 10.0 Å². The summed E-state index contributed by atoms with van der Waals surface area (Å²) in [5, 5.41) is 12.2. The Hall–Kier alpha value is -2.56. The van der Waals surface area contributed by atoms with E-state index in [1.807, 2.05) is 24.3 Å². The fraction of sp³-hybridized carbons (Fsp3) is 0.235. The van der Waals surface area contributed by atoms with E-state index in [2.05, 4.69) is 5.32 Å². The molecule has 0 aliphatic rings. The Balaban J connectivity index is 1.97. The molecule has 0 saturated carbocycles. The van der Waals surface area contributed by atoms with Crippen molar-refractivity contribution in [3.05, 3.63) is 53.6 Å². The van der Waals surface area contributed by atoms with Gasteiger partial charge in [0.05, 0.1) is 10.5 Å². The number of nitrogens with one attached hydrogen (secondary N) is 1. The Morgan fingerprint density at radius 1 is 1.17 bits per heavy atom. The molecule has 0 atom stereocenters. The molecular formula is C17H20N4O2S. The van der Waals surface area contributed by atoms with Crippen molar-refractivity contribution in [3.8, 4) is 6.07 Å². The number of rotatable bonds is 6. The fourth-order valence-corrected chi connectivity index (χ4v) is 3.05. The molecule has 126 valence electrons. The second kappa shape index (κ2) is 7.34. The average Bonchev–Trinajstić information content (AvgIpc) is 2.56. The first-order valence-electron chi connectivity index (χ1n) is 7.39. The summed E-state index contributed by atoms with van der Waals surface area (Å²) in [5.41, 5.74) is 8.44. The molecule has 0 aliphatic heterocycles. The molecule has 0 unspecified atom stereocenters. The van der Waals surface area contributed by atoms with Gasteiger partial charge in [0.25, 0.3) is 0 Å². The summed E-state index contributed by atoms with van der Waals surface area (Å²) < 4.78 is 25.2. The van der Waals surface area contributed by atoms with Gasteiger partial charge in [0.15, 0.2) is 0 Å². The van der Waals surface area contributed by atoms with Crippen LogP contribution >= 0.6 is 0 Å². The van der Waals surface area contributed by atoms with Gasteiger partial charge in [0.2, 0.25) is 10.0 Å². The highest BCUT2D eigenvalue weighted by molar-refractivity contribution is 7.89. The molecule has 7 heteroatoms. The first-order valence-corrected chi connectivity index (χ1v) is 8.83. The van der Waals surface area contributed by atoms with Crippen LogP contribution in [-0.2, 0) is 16.4 Å². The molecule has 0 spiro atoms. The van der Waals surface area contributed by atoms with Crippen molar-refractivity contribution in [2.24, 2.45) is 0 Å². The SMILES string of the molecule is CN(C)S(=O)(=O)c1ccc(CCNc2ccc(N)c(C#N)c2)cc1. The highest BCUT2D eigenvalue weighted by atomic mass is 32.2. The van der Waals surface area contributed by atoms with Gasteiger partial charge >= 0.3 is 0 Å². The molecule has 0 aliphatic carbocycles. The molecule has 0 heterocycles. The summed E-state index contributed by atoms with van der Waals surface area (Å²) in [6.45, 7) is 0.661. The second-order valence-corrected chi connectivity index (χ2v) is 7.67. The minimum Gasteiger partial charge on any atom is -0.398 e. The Labute approximate surface area is 142 Å². The maximum atomic E-state index is 12.0. The number of hydrogen-bond donors (Lipinski definition) is 2. The van der Waals surface area contributed by atoms with Crippen LogP contribution in [0.1, 0.15) is 11.1 Å². The van der Waals surface area contributed by atoms with Gasteiger partial charge in [-0.05, 0) is 42.3 Å². The minimum absolute atomic E-state index is 0.279. The molecule has 0 bridgehead atoms. The monoisotopic (exact) mass is 344 g/mol. The molecule has 3 N–H and O–H groups in total. The lowest BCUT2D eigenvalue weighted by Gasteiger charge is -2.12. The molecule has 2 rings (SSSR count). The van der Waals surface area contributed by atoms with Crippen molar-refractivity contribution in [2.75, 3.05) is 31.7 Å². The summed E-state index contributed by atoms with van der Waals surface area (Å²) in [4.78, 5) is 0.279. The Morgan fingerprint density at radius 2 is 1.83 bits per heavy atom. The lowest BCUT2D eigenvalue weighted by Crippen LogP contribution is -2.22. The molecule has 0 radical (unpaired) electrons. The lowest BCUT2D eigenvalue weighted by molar-refractivity contribution is 0.520. The zero-order chi connectivity index (χ0) is 17.7. The molecule has 0 saturated heterocycles. The first kappa shape index (κ1) is 17.8. The Morgan fingerprint density at radius 3 is 2.42 bits per heavy atom. The molecular weight excluding hydrogens is 324 g/mol. The van der Waals surface area contributed by atoms with Gasteiger partial charge in [-0.2, -0.15) is 5.26 Å². The van der Waals surface area contributed by atoms with Crippen molar-refractivity contribution in [1.82, 2.24) is 4.31 Å². The number of nitrogen functional groups attached to an aromatic ring is 1. The highest BCUT2D eigenvalue weighted by Crippen LogP contribution is 2.17. The van der Waals surface area contributed by atoms with E-state index in [1.54, 1.807) is 24.3 Å². The van der Waals surface area contributed by atoms with Gasteiger partial charge in [0, 0.05) is 32.0 Å². The van der Waals surface area contributed by atoms with Crippen molar-refractivity contribution in [2.45, 2.75) is 11.3 Å². The molecule has 24 heavy (non-hydrogen) atoms. The molecule has 0 amide bonds. The molecule has 6 nitrogen and oxygen atoms in total. The van der Waals surface area contributed by atoms with Crippen LogP contribution in [0.15, 0.2) is 47.4 Å². The van der Waals surface area contributed by atoms with Gasteiger partial charge in [-0.25, -0.2) is 12.7 Å². The van der Waals surface area contributed by atoms with Gasteiger partial charge < -0.3 is 11.1 Å². The van der Waals surface area contributed by atoms with E-state index in [9.17, 15) is 8.42 Å². The predicted octanol–water partition coefficient (Wildman–Crippen LogP) is 2.05. The number of sulfonamides is 1. The quantitative estimate of drug-likeness (QED) is 0.781. The van der Waals surface area contributed by atoms with E-state index in [1.165, 1.54) is 18.4 Å². The van der Waals surface area contributed by atoms with Gasteiger partial charge in [-0.3, -0.25) is 0 Å². The third-order valence-electron chi connectivity index (χ3n) is 3.62. The van der Waals surface area contributed by atoms with Crippen molar-refractivity contribution >= 4 is 21.4 Å². The normalized spacial score (nSPS) is 11.2. The summed E-state index contributed by atoms with van der Waals surface area (Å²) in [7, 11) is -0.375. The average molecular weight is 344 g/mol. The van der Waals surface area contributed by atoms with E-state index in [-0.39, 0.29) is 4.90 Å². The van der Waals surface area contributed by atoms with Crippen LogP contribution < -0.4 is 11.1 Å². The van der Waals surface area contributed by atoms with Crippen molar-refractivity contribution in [3.63, 3.8) is 0 Å². The summed E-state index contributed by atoms with van der Waals surface area (Å²) in [5.74, 6) is 0. The first-order chi connectivity index (χ1) is 11.3. The third kappa shape index (κ3) is 4.04. The number of benzene rings is 2. The number of nitrogens with two attached hydrogens (primary N) is 1. The largest absolute Gasteiger partial charge is 0.398 e. The third-order valence-corrected chi connectivity index (χ3v) is 5.45. The van der Waals surface area contributed by atoms with Gasteiger partial charge in [-0.15, -0.1) is 0 Å². The smallest absolute Gasteiger partial charge is 0.242 e. The zero-order valence-electron chi connectivity index (χ0n) is 13.7. The minimum atomic E-state index is -3.39. The van der Waals surface area contributed by atoms with Gasteiger partial charge in [-0.1, -0.05) is 12.1 Å². The second-order valence-electron chi connectivity index (χ2n) is 5.52. The summed E-state index contributed by atoms with van der Waals surface area (Å²) >= 11 is 0. The van der Waals surface area contributed by atoms with Crippen LogP contribution in [0.4, 0.5) is 11.4 Å². The number of nitrogens with zero attached hydrogens (tertiary/aromatic N) is 2. The van der Waals surface area contributed by atoms with E-state index >= 15 is 0 Å². The van der Waals surface area contributed by atoms with Crippen molar-refractivity contribution in [1.29, 1.82) is 5.26 Å². The van der Waals surface area contributed by atoms with Crippen LogP contribution in [0.3, 0.4) is 0 Å². The lowest BCUT2D eigenvalue weighted by atomic mass is 10.1. The predicted molar refractivity (Wildman–Crippen MR) is 95.1 cm³/mol. The number of nitriles is 1. The van der Waals surface area contributed by atoms with Crippen LogP contribution in [0.5, 0.6) is 0 Å². The van der Waals surface area contributed by atoms with Crippen molar-refractivity contribution < 1.29 is 8.42 Å². The van der Waals surface area contributed by atoms with E-state index in [0.29, 0.717) is 17.8 Å². The zero-order valence-corrected chi connectivity index (χ0v) is 14.5. The molecule has 0 fully saturated rings. The topological polar surface area (TPSA) is 99.2 Å². The summed E-state index contributed by atoms with van der Waals surface area (Å²) in [6, 6.07) is 14.1. The van der Waals surface area contributed by atoms with Crippen LogP contribution in [0, 0.1) is 11.3 Å². The number of anilines is 2. The number of hydrogen-bond acceptors (Lipinski definition) is 5. The van der Waals surface area contributed by atoms with Gasteiger partial charge in [0.1, 0.15) is 6.07 Å². The fourth-order valence-electron chi connectivity index (χ4n) is 2.15. The van der Waals surface area contributed by atoms with E-state index in [4.69, 9.17) is 11.0 Å². The molecule has 0 aromatic heterocycles. The maximum absolute atomic E-state index is 12.0. The van der Waals surface area contributed by atoms with Crippen LogP contribution in [0.2, 0.25) is 0 Å². The maximum Gasteiger partial charge on any atom is 0.242 e. The standard InChI is InChI=1S/C17H20N4O2S/c1-21(2)24(22,23)16-6-3-13(4-7-16)9-10-20-15-5-8-17(19)14(11-15)12-18/h3-8,11,20H,9-10,19H2,1-2H3.